The van der Waals surface area contributed by atoms with Crippen molar-refractivity contribution in [2.45, 2.75) is 57.2 Å². The molecule has 1 aromatic carbocycles. The molecule has 2 fully saturated rings. The van der Waals surface area contributed by atoms with Crippen molar-refractivity contribution in [3.05, 3.63) is 40.4 Å². The molecular weight excluding hydrogens is 392 g/mol. The minimum absolute atomic E-state index is 0.191. The Kier molecular flexibility index (Phi) is 5.24. The van der Waals surface area contributed by atoms with Gasteiger partial charge in [0.25, 0.3) is 5.56 Å². The predicted octanol–water partition coefficient (Wildman–Crippen LogP) is 2.34. The lowest BCUT2D eigenvalue weighted by Crippen LogP contribution is -2.49. The summed E-state index contributed by atoms with van der Waals surface area (Å²) in [5, 5.41) is 25.4. The van der Waals surface area contributed by atoms with E-state index in [2.05, 4.69) is 31.3 Å². The number of H-pyrrole nitrogens is 2. The van der Waals surface area contributed by atoms with Gasteiger partial charge in [0.05, 0.1) is 22.7 Å². The molecule has 1 aliphatic heterocycles. The van der Waals surface area contributed by atoms with Gasteiger partial charge in [-0.1, -0.05) is 0 Å². The van der Waals surface area contributed by atoms with Gasteiger partial charge in [0.15, 0.2) is 0 Å². The molecule has 0 spiro atoms. The van der Waals surface area contributed by atoms with E-state index >= 15 is 0 Å². The largest absolute Gasteiger partial charge is 0.386 e. The van der Waals surface area contributed by atoms with E-state index in [0.29, 0.717) is 23.2 Å². The lowest BCUT2D eigenvalue weighted by atomic mass is 9.89. The quantitative estimate of drug-likeness (QED) is 0.515. The summed E-state index contributed by atoms with van der Waals surface area (Å²) >= 11 is 0. The van der Waals surface area contributed by atoms with Gasteiger partial charge in [-0.15, -0.1) is 0 Å². The van der Waals surface area contributed by atoms with E-state index in [1.165, 1.54) is 12.8 Å². The number of piperazine rings is 1. The first-order valence-electron chi connectivity index (χ1n) is 11.4. The number of aromatic amines is 2. The predicted molar refractivity (Wildman–Crippen MR) is 121 cm³/mol. The molecule has 5 rings (SSSR count). The van der Waals surface area contributed by atoms with Crippen LogP contribution in [0.4, 0.5) is 0 Å². The van der Waals surface area contributed by atoms with Crippen LogP contribution in [0.25, 0.3) is 22.0 Å². The summed E-state index contributed by atoms with van der Waals surface area (Å²) in [5.74, 6) is 0. The van der Waals surface area contributed by atoms with E-state index < -0.39 is 5.60 Å². The fraction of sp³-hybridized carbons (Fsp3) is 0.565. The number of fused-ring (bicyclic) bond motifs is 1. The van der Waals surface area contributed by atoms with E-state index in [1.54, 1.807) is 20.0 Å². The first kappa shape index (κ1) is 20.5. The van der Waals surface area contributed by atoms with Gasteiger partial charge in [-0.05, 0) is 62.8 Å². The van der Waals surface area contributed by atoms with Gasteiger partial charge in [-0.3, -0.25) is 19.5 Å². The van der Waals surface area contributed by atoms with Gasteiger partial charge in [-0.25, -0.2) is 0 Å². The Morgan fingerprint density at radius 1 is 1.06 bits per heavy atom. The molecule has 0 unspecified atom stereocenters. The van der Waals surface area contributed by atoms with Gasteiger partial charge in [-0.2, -0.15) is 5.10 Å². The average molecular weight is 425 g/mol. The Morgan fingerprint density at radius 3 is 2.42 bits per heavy atom. The summed E-state index contributed by atoms with van der Waals surface area (Å²) in [6, 6.07) is 5.00. The van der Waals surface area contributed by atoms with Crippen molar-refractivity contribution in [1.82, 2.24) is 30.2 Å². The third-order valence-electron chi connectivity index (χ3n) is 6.97. The Hall–Kier alpha value is -2.42. The molecule has 3 heterocycles. The molecule has 166 valence electrons. The zero-order valence-corrected chi connectivity index (χ0v) is 18.3. The Balaban J connectivity index is 1.43. The Bertz CT molecular complexity index is 1110. The van der Waals surface area contributed by atoms with Gasteiger partial charge in [0.2, 0.25) is 0 Å². The zero-order valence-electron chi connectivity index (χ0n) is 18.3. The minimum Gasteiger partial charge on any atom is -0.386 e. The number of aromatic nitrogens is 4. The van der Waals surface area contributed by atoms with Crippen molar-refractivity contribution in [3.63, 3.8) is 0 Å². The standard InChI is InChI=1S/C23H32N6O2/c1-23(2,31)20-12-21-15(11-18(20)19-13-25-26-22(19)30)14-29(27-21)17-5-3-16(4-6-17)28-9-7-24-8-10-28/h11-14,16-17,24,31H,3-10H2,1-2H3,(H2,25,26,30). The van der Waals surface area contributed by atoms with Crippen molar-refractivity contribution in [2.24, 2.45) is 0 Å². The van der Waals surface area contributed by atoms with E-state index in [1.807, 2.05) is 12.1 Å². The molecule has 3 aromatic rings. The van der Waals surface area contributed by atoms with Crippen LogP contribution in [0.15, 0.2) is 29.3 Å². The highest BCUT2D eigenvalue weighted by Gasteiger charge is 2.29. The first-order valence-corrected chi connectivity index (χ1v) is 11.4. The molecule has 2 aromatic heterocycles. The number of hydrogen-bond donors (Lipinski definition) is 4. The Morgan fingerprint density at radius 2 is 1.77 bits per heavy atom. The van der Waals surface area contributed by atoms with Crippen LogP contribution in [0.1, 0.15) is 51.1 Å². The number of aliphatic hydroxyl groups is 1. The number of hydrogen-bond acceptors (Lipinski definition) is 5. The van der Waals surface area contributed by atoms with E-state index in [-0.39, 0.29) is 5.56 Å². The number of nitrogens with zero attached hydrogens (tertiary/aromatic N) is 3. The molecule has 8 heteroatoms. The van der Waals surface area contributed by atoms with Crippen LogP contribution < -0.4 is 10.9 Å². The van der Waals surface area contributed by atoms with Gasteiger partial charge >= 0.3 is 0 Å². The smallest absolute Gasteiger partial charge is 0.271 e. The number of nitrogens with one attached hydrogen (secondary N) is 3. The summed E-state index contributed by atoms with van der Waals surface area (Å²) < 4.78 is 2.11. The lowest BCUT2D eigenvalue weighted by Gasteiger charge is -2.39. The second-order valence-electron chi connectivity index (χ2n) is 9.53. The van der Waals surface area contributed by atoms with Crippen LogP contribution in [0, 0.1) is 0 Å². The van der Waals surface area contributed by atoms with Crippen molar-refractivity contribution >= 4 is 10.9 Å². The fourth-order valence-electron chi connectivity index (χ4n) is 5.25. The normalized spacial score (nSPS) is 23.5. The molecule has 4 N–H and O–H groups in total. The topological polar surface area (TPSA) is 102 Å². The number of benzene rings is 1. The monoisotopic (exact) mass is 424 g/mol. The maximum Gasteiger partial charge on any atom is 0.271 e. The third kappa shape index (κ3) is 3.95. The zero-order chi connectivity index (χ0) is 21.6. The second-order valence-corrected chi connectivity index (χ2v) is 9.53. The van der Waals surface area contributed by atoms with Crippen molar-refractivity contribution in [1.29, 1.82) is 0 Å². The van der Waals surface area contributed by atoms with Gasteiger partial charge in [0.1, 0.15) is 0 Å². The van der Waals surface area contributed by atoms with Crippen LogP contribution >= 0.6 is 0 Å². The summed E-state index contributed by atoms with van der Waals surface area (Å²) in [7, 11) is 0. The molecular formula is C23H32N6O2. The highest BCUT2D eigenvalue weighted by atomic mass is 16.3. The highest BCUT2D eigenvalue weighted by Crippen LogP contribution is 2.36. The minimum atomic E-state index is -1.08. The molecule has 2 aliphatic rings. The highest BCUT2D eigenvalue weighted by molar-refractivity contribution is 5.86. The van der Waals surface area contributed by atoms with Gasteiger partial charge < -0.3 is 15.5 Å². The summed E-state index contributed by atoms with van der Waals surface area (Å²) in [6.07, 6.45) is 8.43. The fourth-order valence-corrected chi connectivity index (χ4v) is 5.25. The molecule has 1 saturated heterocycles. The molecule has 8 nitrogen and oxygen atoms in total. The maximum atomic E-state index is 12.3. The van der Waals surface area contributed by atoms with Crippen LogP contribution in [0.5, 0.6) is 0 Å². The summed E-state index contributed by atoms with van der Waals surface area (Å²) in [5.41, 5.74) is 1.56. The Labute approximate surface area is 181 Å². The summed E-state index contributed by atoms with van der Waals surface area (Å²) in [6.45, 7) is 7.99. The molecule has 31 heavy (non-hydrogen) atoms. The van der Waals surface area contributed by atoms with Crippen LogP contribution in [-0.4, -0.2) is 62.2 Å². The average Bonchev–Trinajstić information content (AvgIpc) is 3.38. The van der Waals surface area contributed by atoms with Crippen molar-refractivity contribution in [3.8, 4) is 11.1 Å². The number of rotatable bonds is 4. The molecule has 1 aliphatic carbocycles. The molecule has 0 atom stereocenters. The van der Waals surface area contributed by atoms with Crippen LogP contribution in [0.2, 0.25) is 0 Å². The first-order chi connectivity index (χ1) is 14.9. The third-order valence-corrected chi connectivity index (χ3v) is 6.97. The van der Waals surface area contributed by atoms with E-state index in [0.717, 1.165) is 55.5 Å². The molecule has 0 amide bonds. The van der Waals surface area contributed by atoms with Crippen LogP contribution in [0.3, 0.4) is 0 Å². The SMILES string of the molecule is CC(C)(O)c1cc2nn(C3CCC(N4CCNCC4)CC3)cc2cc1-c1c[nH][nH]c1=O. The molecule has 0 bridgehead atoms. The second kappa shape index (κ2) is 7.93. The van der Waals surface area contributed by atoms with Crippen molar-refractivity contribution < 1.29 is 5.11 Å². The lowest BCUT2D eigenvalue weighted by molar-refractivity contribution is 0.0793. The molecule has 1 saturated carbocycles. The summed E-state index contributed by atoms with van der Waals surface area (Å²) in [4.78, 5) is 14.9. The van der Waals surface area contributed by atoms with Gasteiger partial charge in [0, 0.05) is 50.0 Å². The maximum absolute atomic E-state index is 12.3. The molecule has 0 radical (unpaired) electrons. The van der Waals surface area contributed by atoms with Crippen molar-refractivity contribution in [2.75, 3.05) is 26.2 Å². The van der Waals surface area contributed by atoms with E-state index in [4.69, 9.17) is 5.10 Å². The van der Waals surface area contributed by atoms with E-state index in [9.17, 15) is 9.90 Å². The van der Waals surface area contributed by atoms with Crippen LogP contribution in [-0.2, 0) is 5.60 Å².